The van der Waals surface area contributed by atoms with Crippen molar-refractivity contribution >= 4 is 59.1 Å². The minimum Gasteiger partial charge on any atom is -0.508 e. The maximum Gasteiger partial charge on any atom is 0.326 e. The summed E-state index contributed by atoms with van der Waals surface area (Å²) < 4.78 is 0. The molecule has 0 fully saturated rings. The number of carbonyl (C=O) groups excluding carboxylic acids is 9. The normalized spacial score (nSPS) is 15.3. The molecule has 4 rings (SSSR count). The minimum absolute atomic E-state index is 0.0107. The molecule has 2 heterocycles. The van der Waals surface area contributed by atoms with E-state index in [1.807, 2.05) is 0 Å². The van der Waals surface area contributed by atoms with Gasteiger partial charge in [-0.1, -0.05) is 90.4 Å². The Morgan fingerprint density at radius 3 is 1.36 bits per heavy atom. The lowest BCUT2D eigenvalue weighted by Gasteiger charge is -2.29. The third-order valence-corrected chi connectivity index (χ3v) is 13.4. The SMILES string of the molecule is CC[C@H](C)[C@H](NC(=O)[C@H](Cc1cnc[nH]1)NC(=O)[C@H](Cc1cnc[nH]1)NC(=O)[C@H](CC(N)=O)NC(=O)[C@H](Cc1ccccc1)NC(=O)[C@H](CC(C)C)NC(=O)[C@H](CC(C)C)NC(=O)[C@@H](NC(=O)[C@@H](N)Cc1ccc(O)cc1)[C@@H](C)O)C(=O)O. The van der Waals surface area contributed by atoms with Gasteiger partial charge in [0.25, 0.3) is 0 Å². The second-order valence-electron chi connectivity index (χ2n) is 21.5. The van der Waals surface area contributed by atoms with Crippen LogP contribution in [0.1, 0.15) is 96.7 Å². The lowest BCUT2D eigenvalue weighted by atomic mass is 9.98. The van der Waals surface area contributed by atoms with Gasteiger partial charge >= 0.3 is 5.97 Å². The Bertz CT molecular complexity index is 2780. The van der Waals surface area contributed by atoms with Crippen molar-refractivity contribution < 1.29 is 63.3 Å². The summed E-state index contributed by atoms with van der Waals surface area (Å²) in [6.07, 6.45) is 2.99. The molecule has 27 nitrogen and oxygen atoms in total. The molecule has 27 heteroatoms. The number of aromatic amines is 2. The summed E-state index contributed by atoms with van der Waals surface area (Å²) in [4.78, 5) is 151. The summed E-state index contributed by atoms with van der Waals surface area (Å²) in [5.41, 5.74) is 13.6. The summed E-state index contributed by atoms with van der Waals surface area (Å²) in [7, 11) is 0. The number of carboxylic acid groups (broad SMARTS) is 1. The standard InChI is InChI=1S/C56H80N14O13/c1-8-31(6)46(56(82)83)69-54(80)43(23-36-26-60-28-62-36)66-52(78)42(22-35-25-59-27-61-35)65-53(79)44(24-45(58)73)67-51(77)41(21-33-12-10-9-11-13-33)64-49(75)39(18-29(2)3)63-50(76)40(19-30(4)5)68-55(81)47(32(7)71)70-48(74)38(57)20-34-14-16-37(72)17-15-34/h9-17,25-32,38-44,46-47,71-72H,8,18-24,57H2,1-7H3,(H2,58,73)(H,59,61)(H,60,62)(H,63,76)(H,64,75)(H,65,79)(H,66,78)(H,67,77)(H,68,81)(H,69,80)(H,70,74)(H,82,83)/t31-,32+,38-,39-,40-,41-,42-,43-,44-,46-,47-/m0/s1. The van der Waals surface area contributed by atoms with Crippen LogP contribution in [0.25, 0.3) is 0 Å². The number of hydrogen-bond donors (Lipinski definition) is 15. The largest absolute Gasteiger partial charge is 0.508 e. The van der Waals surface area contributed by atoms with Gasteiger partial charge in [-0.05, 0) is 67.2 Å². The molecule has 2 aromatic carbocycles. The molecule has 0 aliphatic carbocycles. The molecular formula is C56H80N14O13. The molecule has 4 aromatic rings. The van der Waals surface area contributed by atoms with Crippen LogP contribution < -0.4 is 54.0 Å². The number of nitrogens with two attached hydrogens (primary N) is 2. The highest BCUT2D eigenvalue weighted by atomic mass is 16.4. The van der Waals surface area contributed by atoms with Crippen LogP contribution in [0.15, 0.2) is 79.6 Å². The smallest absolute Gasteiger partial charge is 0.326 e. The van der Waals surface area contributed by atoms with Gasteiger partial charge in [-0.25, -0.2) is 14.8 Å². The lowest BCUT2D eigenvalue weighted by molar-refractivity contribution is -0.144. The molecule has 0 radical (unpaired) electrons. The molecule has 452 valence electrons. The van der Waals surface area contributed by atoms with Crippen LogP contribution in [0.3, 0.4) is 0 Å². The average molecular weight is 1160 g/mol. The molecule has 0 saturated heterocycles. The average Bonchev–Trinajstić information content (AvgIpc) is 4.28. The van der Waals surface area contributed by atoms with E-state index in [4.69, 9.17) is 11.5 Å². The Balaban J connectivity index is 1.59. The fraction of sp³-hybridized carbons (Fsp3) is 0.500. The van der Waals surface area contributed by atoms with Gasteiger partial charge in [-0.3, -0.25) is 43.2 Å². The van der Waals surface area contributed by atoms with E-state index in [1.54, 1.807) is 84.0 Å². The number of aliphatic hydroxyl groups excluding tert-OH is 1. The van der Waals surface area contributed by atoms with Gasteiger partial charge < -0.3 is 79.3 Å². The topological polar surface area (TPSA) is 437 Å². The summed E-state index contributed by atoms with van der Waals surface area (Å²) in [6.45, 7) is 11.8. The van der Waals surface area contributed by atoms with Crippen LogP contribution in [0.4, 0.5) is 0 Å². The number of carboxylic acids is 1. The number of rotatable bonds is 34. The molecule has 0 unspecified atom stereocenters. The number of aliphatic carboxylic acids is 1. The Labute approximate surface area is 480 Å². The fourth-order valence-electron chi connectivity index (χ4n) is 8.73. The van der Waals surface area contributed by atoms with Gasteiger partial charge in [-0.2, -0.15) is 0 Å². The molecule has 0 aliphatic rings. The number of phenols is 1. The number of nitrogens with zero attached hydrogens (tertiary/aromatic N) is 2. The van der Waals surface area contributed by atoms with Gasteiger partial charge in [0.1, 0.15) is 54.1 Å². The predicted molar refractivity (Wildman–Crippen MR) is 301 cm³/mol. The number of nitrogens with one attached hydrogen (secondary N) is 10. The van der Waals surface area contributed by atoms with Gasteiger partial charge in [-0.15, -0.1) is 0 Å². The number of aliphatic hydroxyl groups is 1. The van der Waals surface area contributed by atoms with E-state index in [1.165, 1.54) is 44.1 Å². The highest BCUT2D eigenvalue weighted by Gasteiger charge is 2.37. The molecule has 83 heavy (non-hydrogen) atoms. The number of amides is 9. The second kappa shape index (κ2) is 32.7. The Kier molecular flexibility index (Phi) is 26.3. The maximum absolute atomic E-state index is 14.5. The molecule has 0 saturated carbocycles. The van der Waals surface area contributed by atoms with Gasteiger partial charge in [0.05, 0.1) is 31.2 Å². The number of benzene rings is 2. The van der Waals surface area contributed by atoms with Crippen molar-refractivity contribution in [3.8, 4) is 5.75 Å². The van der Waals surface area contributed by atoms with E-state index in [2.05, 4.69) is 62.5 Å². The van der Waals surface area contributed by atoms with Crippen molar-refractivity contribution in [2.24, 2.45) is 29.2 Å². The van der Waals surface area contributed by atoms with Crippen LogP contribution in [-0.2, 0) is 73.6 Å². The van der Waals surface area contributed by atoms with Gasteiger partial charge in [0, 0.05) is 43.0 Å². The number of primary amides is 1. The Morgan fingerprint density at radius 2 is 0.928 bits per heavy atom. The zero-order valence-corrected chi connectivity index (χ0v) is 47.6. The zero-order valence-electron chi connectivity index (χ0n) is 47.6. The van der Waals surface area contributed by atoms with Crippen LogP contribution in [0.2, 0.25) is 0 Å². The van der Waals surface area contributed by atoms with E-state index in [-0.39, 0.29) is 56.1 Å². The number of H-pyrrole nitrogens is 2. The van der Waals surface area contributed by atoms with E-state index in [0.29, 0.717) is 28.9 Å². The number of carbonyl (C=O) groups is 10. The molecular weight excluding hydrogens is 1080 g/mol. The quantitative estimate of drug-likeness (QED) is 0.0261. The number of phenolic OH excluding ortho intramolecular Hbond substituents is 1. The Hall–Kier alpha value is -8.72. The second-order valence-corrected chi connectivity index (χ2v) is 21.5. The molecule has 17 N–H and O–H groups in total. The monoisotopic (exact) mass is 1160 g/mol. The molecule has 2 aromatic heterocycles. The molecule has 0 spiro atoms. The highest BCUT2D eigenvalue weighted by molar-refractivity contribution is 5.99. The first-order valence-electron chi connectivity index (χ1n) is 27.4. The van der Waals surface area contributed by atoms with Crippen LogP contribution in [0, 0.1) is 17.8 Å². The predicted octanol–water partition coefficient (Wildman–Crippen LogP) is -1.21. The summed E-state index contributed by atoms with van der Waals surface area (Å²) in [6, 6.07) is 1.46. The van der Waals surface area contributed by atoms with E-state index >= 15 is 0 Å². The number of aromatic nitrogens is 4. The third kappa shape index (κ3) is 22.3. The first kappa shape index (κ1) is 66.8. The van der Waals surface area contributed by atoms with E-state index < -0.39 is 132 Å². The first-order chi connectivity index (χ1) is 39.2. The Morgan fingerprint density at radius 1 is 0.518 bits per heavy atom. The van der Waals surface area contributed by atoms with Gasteiger partial charge in [0.15, 0.2) is 0 Å². The lowest BCUT2D eigenvalue weighted by Crippen LogP contribution is -2.62. The summed E-state index contributed by atoms with van der Waals surface area (Å²) in [5.74, 6) is -10.5. The minimum atomic E-state index is -1.78. The molecule has 11 atom stereocenters. The molecule has 9 amide bonds. The number of aromatic hydroxyl groups is 1. The summed E-state index contributed by atoms with van der Waals surface area (Å²) in [5, 5.41) is 50.8. The van der Waals surface area contributed by atoms with Crippen molar-refractivity contribution in [1.82, 2.24) is 62.5 Å². The van der Waals surface area contributed by atoms with Crippen molar-refractivity contribution in [3.63, 3.8) is 0 Å². The molecule has 0 bridgehead atoms. The van der Waals surface area contributed by atoms with Crippen LogP contribution in [-0.4, -0.2) is 155 Å². The number of hydrogen-bond acceptors (Lipinski definition) is 15. The van der Waals surface area contributed by atoms with E-state index in [0.717, 1.165) is 0 Å². The fourth-order valence-corrected chi connectivity index (χ4v) is 8.73. The third-order valence-electron chi connectivity index (χ3n) is 13.4. The maximum atomic E-state index is 14.5. The van der Waals surface area contributed by atoms with Crippen LogP contribution in [0.5, 0.6) is 5.75 Å². The van der Waals surface area contributed by atoms with Crippen molar-refractivity contribution in [3.05, 3.63) is 102 Å². The van der Waals surface area contributed by atoms with Crippen LogP contribution >= 0.6 is 0 Å². The van der Waals surface area contributed by atoms with Gasteiger partial charge in [0.2, 0.25) is 53.2 Å². The number of imidazole rings is 2. The zero-order chi connectivity index (χ0) is 61.5. The summed E-state index contributed by atoms with van der Waals surface area (Å²) >= 11 is 0. The highest BCUT2D eigenvalue weighted by Crippen LogP contribution is 2.15. The van der Waals surface area contributed by atoms with E-state index in [9.17, 15) is 63.3 Å². The van der Waals surface area contributed by atoms with Crippen molar-refractivity contribution in [1.29, 1.82) is 0 Å². The first-order valence-corrected chi connectivity index (χ1v) is 27.4. The van der Waals surface area contributed by atoms with Crippen molar-refractivity contribution in [2.45, 2.75) is 160 Å². The van der Waals surface area contributed by atoms with Crippen molar-refractivity contribution in [2.75, 3.05) is 0 Å². The molecule has 0 aliphatic heterocycles.